The first kappa shape index (κ1) is 16.1. The van der Waals surface area contributed by atoms with E-state index in [1.54, 1.807) is 0 Å². The van der Waals surface area contributed by atoms with Gasteiger partial charge in [-0.2, -0.15) is 0 Å². The van der Waals surface area contributed by atoms with Crippen molar-refractivity contribution in [1.29, 1.82) is 0 Å². The largest absolute Gasteiger partial charge is 0.390 e. The molecule has 0 saturated heterocycles. The van der Waals surface area contributed by atoms with Crippen molar-refractivity contribution in [2.24, 2.45) is 34.0 Å². The quantitative estimate of drug-likeness (QED) is 0.602. The van der Waals surface area contributed by atoms with E-state index in [1.807, 2.05) is 0 Å². The van der Waals surface area contributed by atoms with Crippen molar-refractivity contribution in [3.05, 3.63) is 12.2 Å². The summed E-state index contributed by atoms with van der Waals surface area (Å²) in [5, 5.41) is 32.1. The van der Waals surface area contributed by atoms with Crippen LogP contribution in [0.5, 0.6) is 0 Å². The summed E-state index contributed by atoms with van der Waals surface area (Å²) in [6.45, 7) is 10.8. The first-order chi connectivity index (χ1) is 10.6. The Morgan fingerprint density at radius 1 is 0.957 bits per heavy atom. The Morgan fingerprint density at radius 3 is 2.35 bits per heavy atom. The van der Waals surface area contributed by atoms with Gasteiger partial charge in [0.2, 0.25) is 0 Å². The molecule has 0 aromatic heterocycles. The van der Waals surface area contributed by atoms with Gasteiger partial charge in [-0.15, -0.1) is 0 Å². The van der Waals surface area contributed by atoms with E-state index in [9.17, 15) is 15.3 Å². The van der Waals surface area contributed by atoms with E-state index in [2.05, 4.69) is 27.4 Å². The molecule has 4 rings (SSSR count). The maximum atomic E-state index is 11.0. The van der Waals surface area contributed by atoms with Gasteiger partial charge in [0, 0.05) is 5.41 Å². The molecule has 3 N–H and O–H groups in total. The van der Waals surface area contributed by atoms with Crippen molar-refractivity contribution < 1.29 is 15.3 Å². The van der Waals surface area contributed by atoms with Crippen LogP contribution in [0, 0.1) is 34.0 Å². The van der Waals surface area contributed by atoms with Crippen LogP contribution >= 0.6 is 0 Å². The number of aliphatic hydroxyl groups excluding tert-OH is 3. The topological polar surface area (TPSA) is 60.7 Å². The van der Waals surface area contributed by atoms with Crippen molar-refractivity contribution in [1.82, 2.24) is 0 Å². The Morgan fingerprint density at radius 2 is 1.65 bits per heavy atom. The van der Waals surface area contributed by atoms with Crippen LogP contribution in [0.1, 0.15) is 59.3 Å². The summed E-state index contributed by atoms with van der Waals surface area (Å²) in [6.07, 6.45) is 4.43. The first-order valence-corrected chi connectivity index (χ1v) is 9.37. The summed E-state index contributed by atoms with van der Waals surface area (Å²) < 4.78 is 0. The van der Waals surface area contributed by atoms with Crippen LogP contribution in [0.4, 0.5) is 0 Å². The highest BCUT2D eigenvalue weighted by Crippen LogP contribution is 2.71. The lowest BCUT2D eigenvalue weighted by atomic mass is 9.40. The van der Waals surface area contributed by atoms with Crippen molar-refractivity contribution in [3.8, 4) is 0 Å². The second-order valence-electron chi connectivity index (χ2n) is 9.88. The van der Waals surface area contributed by atoms with E-state index < -0.39 is 12.2 Å². The van der Waals surface area contributed by atoms with Crippen LogP contribution in [-0.2, 0) is 0 Å². The summed E-state index contributed by atoms with van der Waals surface area (Å²) in [5.74, 6) is 1.33. The molecule has 4 saturated carbocycles. The van der Waals surface area contributed by atoms with Crippen LogP contribution in [0.2, 0.25) is 0 Å². The fraction of sp³-hybridized carbons (Fsp3) is 0.900. The van der Waals surface area contributed by atoms with Crippen molar-refractivity contribution in [3.63, 3.8) is 0 Å². The molecule has 0 aliphatic heterocycles. The number of hydrogen-bond acceptors (Lipinski definition) is 3. The Labute approximate surface area is 139 Å². The van der Waals surface area contributed by atoms with Crippen LogP contribution in [0.15, 0.2) is 12.2 Å². The van der Waals surface area contributed by atoms with Gasteiger partial charge < -0.3 is 15.3 Å². The normalized spacial score (nSPS) is 57.7. The zero-order valence-corrected chi connectivity index (χ0v) is 14.8. The predicted molar refractivity (Wildman–Crippen MR) is 89.7 cm³/mol. The molecule has 0 aromatic carbocycles. The molecule has 3 nitrogen and oxygen atoms in total. The number of aliphatic hydroxyl groups is 3. The molecule has 1 spiro atoms. The summed E-state index contributed by atoms with van der Waals surface area (Å²) >= 11 is 0. The minimum atomic E-state index is -0.652. The molecule has 0 unspecified atom stereocenters. The molecule has 8 atom stereocenters. The van der Waals surface area contributed by atoms with Gasteiger partial charge in [-0.1, -0.05) is 27.4 Å². The molecule has 0 radical (unpaired) electrons. The SMILES string of the molecule is C=C1[C@H]2CC[C@H]3[C@]4(C)C[C@H](O)[C@@H](O)C(C)(C)[C@H]4CC[C@]3(C2)[C@H]1O. The van der Waals surface area contributed by atoms with Crippen molar-refractivity contribution in [2.45, 2.75) is 77.6 Å². The summed E-state index contributed by atoms with van der Waals surface area (Å²) in [5.41, 5.74) is 0.761. The number of hydrogen-bond donors (Lipinski definition) is 3. The van der Waals surface area contributed by atoms with E-state index >= 15 is 0 Å². The molecule has 0 aromatic rings. The highest BCUT2D eigenvalue weighted by atomic mass is 16.3. The van der Waals surface area contributed by atoms with Gasteiger partial charge in [0.1, 0.15) is 0 Å². The van der Waals surface area contributed by atoms with Crippen LogP contribution in [0.3, 0.4) is 0 Å². The molecular weight excluding hydrogens is 288 g/mol. The molecule has 4 fully saturated rings. The lowest BCUT2D eigenvalue weighted by Gasteiger charge is -2.65. The standard InChI is InChI=1S/C20H32O3/c1-11-12-5-6-15-19(4)10-13(21)17(23)18(2,3)14(19)7-8-20(15,9-12)16(11)22/h12-17,21-23H,1,5-10H2,2-4H3/t12-,13-,14+,15-,16-,17+,19+,20+/m0/s1. The van der Waals surface area contributed by atoms with Gasteiger partial charge in [0.15, 0.2) is 0 Å². The van der Waals surface area contributed by atoms with Gasteiger partial charge in [-0.25, -0.2) is 0 Å². The molecule has 3 heteroatoms. The molecule has 4 aliphatic rings. The summed E-state index contributed by atoms with van der Waals surface area (Å²) in [4.78, 5) is 0. The van der Waals surface area contributed by atoms with Crippen molar-refractivity contribution >= 4 is 0 Å². The van der Waals surface area contributed by atoms with E-state index in [-0.39, 0.29) is 22.3 Å². The molecule has 130 valence electrons. The van der Waals surface area contributed by atoms with Gasteiger partial charge in [0.25, 0.3) is 0 Å². The Hall–Kier alpha value is -0.380. The average Bonchev–Trinajstić information content (AvgIpc) is 2.66. The smallest absolute Gasteiger partial charge is 0.0852 e. The van der Waals surface area contributed by atoms with E-state index in [1.165, 1.54) is 0 Å². The summed E-state index contributed by atoms with van der Waals surface area (Å²) in [7, 11) is 0. The molecule has 0 amide bonds. The first-order valence-electron chi connectivity index (χ1n) is 9.37. The summed E-state index contributed by atoms with van der Waals surface area (Å²) in [6, 6.07) is 0. The third-order valence-corrected chi connectivity index (χ3v) is 8.71. The van der Waals surface area contributed by atoms with Crippen molar-refractivity contribution in [2.75, 3.05) is 0 Å². The van der Waals surface area contributed by atoms with E-state index in [4.69, 9.17) is 0 Å². The van der Waals surface area contributed by atoms with Crippen LogP contribution in [0.25, 0.3) is 0 Å². The molecule has 4 aliphatic carbocycles. The van der Waals surface area contributed by atoms with Crippen LogP contribution < -0.4 is 0 Å². The molecule has 2 bridgehead atoms. The van der Waals surface area contributed by atoms with Gasteiger partial charge in [0.05, 0.1) is 18.3 Å². The van der Waals surface area contributed by atoms with E-state index in [0.717, 1.165) is 37.7 Å². The lowest BCUT2D eigenvalue weighted by Crippen LogP contribution is -2.64. The maximum Gasteiger partial charge on any atom is 0.0852 e. The average molecular weight is 320 g/mol. The highest BCUT2D eigenvalue weighted by molar-refractivity contribution is 5.27. The number of fused-ring (bicyclic) bond motifs is 3. The predicted octanol–water partition coefficient (Wildman–Crippen LogP) is 2.89. The molecule has 23 heavy (non-hydrogen) atoms. The molecule has 0 heterocycles. The van der Waals surface area contributed by atoms with E-state index in [0.29, 0.717) is 24.2 Å². The second kappa shape index (κ2) is 4.62. The second-order valence-corrected chi connectivity index (χ2v) is 9.88. The third kappa shape index (κ3) is 1.77. The fourth-order valence-corrected chi connectivity index (χ4v) is 7.73. The monoisotopic (exact) mass is 320 g/mol. The number of rotatable bonds is 0. The van der Waals surface area contributed by atoms with Gasteiger partial charge in [-0.05, 0) is 72.7 Å². The third-order valence-electron chi connectivity index (χ3n) is 8.71. The maximum absolute atomic E-state index is 11.0. The van der Waals surface area contributed by atoms with Gasteiger partial charge >= 0.3 is 0 Å². The minimum Gasteiger partial charge on any atom is -0.390 e. The zero-order chi connectivity index (χ0) is 16.8. The van der Waals surface area contributed by atoms with Gasteiger partial charge in [-0.3, -0.25) is 0 Å². The van der Waals surface area contributed by atoms with Crippen LogP contribution in [-0.4, -0.2) is 33.6 Å². The highest BCUT2D eigenvalue weighted by Gasteiger charge is 2.68. The Bertz CT molecular complexity index is 541. The fourth-order valence-electron chi connectivity index (χ4n) is 7.73. The Kier molecular flexibility index (Phi) is 3.23. The zero-order valence-electron chi connectivity index (χ0n) is 14.8. The molecular formula is C20H32O3. The Balaban J connectivity index is 1.79. The minimum absolute atomic E-state index is 0.00301. The lowest BCUT2D eigenvalue weighted by molar-refractivity contribution is -0.226.